The Morgan fingerprint density at radius 1 is 0.900 bits per heavy atom. The van der Waals surface area contributed by atoms with Crippen LogP contribution in [-0.2, 0) is 11.2 Å². The van der Waals surface area contributed by atoms with Crippen LogP contribution in [-0.4, -0.2) is 19.8 Å². The summed E-state index contributed by atoms with van der Waals surface area (Å²) in [4.78, 5) is 0. The van der Waals surface area contributed by atoms with Crippen LogP contribution in [0.3, 0.4) is 0 Å². The number of para-hydroxylation sites is 1. The van der Waals surface area contributed by atoms with E-state index in [0.717, 1.165) is 32.6 Å². The molecule has 0 aliphatic carbocycles. The van der Waals surface area contributed by atoms with Crippen molar-refractivity contribution in [2.75, 3.05) is 25.1 Å². The van der Waals surface area contributed by atoms with Crippen molar-refractivity contribution in [2.24, 2.45) is 0 Å². The molecule has 0 spiro atoms. The Labute approximate surface area is 124 Å². The van der Waals surface area contributed by atoms with Gasteiger partial charge in [-0.05, 0) is 37.3 Å². The average molecular weight is 277 g/mol. The maximum absolute atomic E-state index is 5.50. The molecule has 0 radical (unpaired) electrons. The standard InChI is InChI=1S/C18H31NO/c1-3-5-6-7-11-17-12-8-9-13-18(17)19-14-10-16-20-15-4-2/h8-9,12-13,19H,3-7,10-11,14-16H2,1-2H3. The molecule has 2 nitrogen and oxygen atoms in total. The van der Waals surface area contributed by atoms with E-state index in [1.807, 2.05) is 0 Å². The van der Waals surface area contributed by atoms with Crippen molar-refractivity contribution in [3.05, 3.63) is 29.8 Å². The molecule has 20 heavy (non-hydrogen) atoms. The number of anilines is 1. The Morgan fingerprint density at radius 2 is 1.75 bits per heavy atom. The van der Waals surface area contributed by atoms with Crippen LogP contribution in [0.15, 0.2) is 24.3 Å². The molecule has 0 aliphatic rings. The second-order valence-corrected chi connectivity index (χ2v) is 5.36. The van der Waals surface area contributed by atoms with Gasteiger partial charge in [-0.15, -0.1) is 0 Å². The molecule has 0 bridgehead atoms. The van der Waals surface area contributed by atoms with Crippen LogP contribution in [0.1, 0.15) is 57.9 Å². The highest BCUT2D eigenvalue weighted by atomic mass is 16.5. The quantitative estimate of drug-likeness (QED) is 0.540. The number of ether oxygens (including phenoxy) is 1. The number of unbranched alkanes of at least 4 members (excludes halogenated alkanes) is 3. The second-order valence-electron chi connectivity index (χ2n) is 5.36. The summed E-state index contributed by atoms with van der Waals surface area (Å²) in [5.74, 6) is 0. The highest BCUT2D eigenvalue weighted by Crippen LogP contribution is 2.18. The van der Waals surface area contributed by atoms with Gasteiger partial charge in [-0.25, -0.2) is 0 Å². The molecule has 0 unspecified atom stereocenters. The molecule has 1 aromatic carbocycles. The fourth-order valence-corrected chi connectivity index (χ4v) is 2.30. The molecule has 2 heteroatoms. The number of hydrogen-bond acceptors (Lipinski definition) is 2. The predicted molar refractivity (Wildman–Crippen MR) is 88.5 cm³/mol. The van der Waals surface area contributed by atoms with Crippen LogP contribution >= 0.6 is 0 Å². The smallest absolute Gasteiger partial charge is 0.0482 e. The number of hydrogen-bond donors (Lipinski definition) is 1. The molecule has 0 heterocycles. The van der Waals surface area contributed by atoms with Gasteiger partial charge in [0.2, 0.25) is 0 Å². The van der Waals surface area contributed by atoms with E-state index in [1.165, 1.54) is 43.4 Å². The summed E-state index contributed by atoms with van der Waals surface area (Å²) in [7, 11) is 0. The van der Waals surface area contributed by atoms with E-state index in [1.54, 1.807) is 0 Å². The first-order chi connectivity index (χ1) is 9.88. The average Bonchev–Trinajstić information content (AvgIpc) is 2.48. The normalized spacial score (nSPS) is 10.7. The molecule has 0 saturated heterocycles. The third-order valence-corrected chi connectivity index (χ3v) is 3.45. The van der Waals surface area contributed by atoms with Gasteiger partial charge < -0.3 is 10.1 Å². The number of rotatable bonds is 12. The van der Waals surface area contributed by atoms with E-state index in [4.69, 9.17) is 4.74 Å². The lowest BCUT2D eigenvalue weighted by atomic mass is 10.0. The van der Waals surface area contributed by atoms with Gasteiger partial charge in [0.05, 0.1) is 0 Å². The van der Waals surface area contributed by atoms with E-state index in [9.17, 15) is 0 Å². The SMILES string of the molecule is CCCCCCc1ccccc1NCCCOCCC. The van der Waals surface area contributed by atoms with Crippen molar-refractivity contribution >= 4 is 5.69 Å². The van der Waals surface area contributed by atoms with Crippen LogP contribution < -0.4 is 5.32 Å². The zero-order valence-corrected chi connectivity index (χ0v) is 13.3. The number of benzene rings is 1. The van der Waals surface area contributed by atoms with Gasteiger partial charge in [0.25, 0.3) is 0 Å². The highest BCUT2D eigenvalue weighted by molar-refractivity contribution is 5.51. The lowest BCUT2D eigenvalue weighted by Crippen LogP contribution is -2.07. The minimum atomic E-state index is 0.861. The van der Waals surface area contributed by atoms with Gasteiger partial charge in [-0.3, -0.25) is 0 Å². The predicted octanol–water partition coefficient (Wildman–Crippen LogP) is 5.04. The largest absolute Gasteiger partial charge is 0.385 e. The zero-order chi connectivity index (χ0) is 14.5. The second kappa shape index (κ2) is 11.8. The first kappa shape index (κ1) is 17.0. The minimum absolute atomic E-state index is 0.861. The molecular formula is C18H31NO. The maximum atomic E-state index is 5.50. The van der Waals surface area contributed by atoms with E-state index in [-0.39, 0.29) is 0 Å². The van der Waals surface area contributed by atoms with Gasteiger partial charge in [-0.2, -0.15) is 0 Å². The Bertz CT molecular complexity index is 338. The van der Waals surface area contributed by atoms with Gasteiger partial charge in [0.15, 0.2) is 0 Å². The minimum Gasteiger partial charge on any atom is -0.385 e. The fourth-order valence-electron chi connectivity index (χ4n) is 2.30. The molecule has 0 saturated carbocycles. The summed E-state index contributed by atoms with van der Waals surface area (Å²) in [5, 5.41) is 3.55. The molecule has 0 amide bonds. The van der Waals surface area contributed by atoms with Crippen molar-refractivity contribution in [1.29, 1.82) is 0 Å². The Balaban J connectivity index is 2.26. The van der Waals surface area contributed by atoms with E-state index in [2.05, 4.69) is 43.4 Å². The lowest BCUT2D eigenvalue weighted by molar-refractivity contribution is 0.134. The summed E-state index contributed by atoms with van der Waals surface area (Å²) < 4.78 is 5.50. The molecule has 0 aliphatic heterocycles. The van der Waals surface area contributed by atoms with Crippen LogP contribution in [0.4, 0.5) is 5.69 Å². The molecule has 0 aromatic heterocycles. The van der Waals surface area contributed by atoms with Crippen LogP contribution in [0.5, 0.6) is 0 Å². The molecule has 1 aromatic rings. The fraction of sp³-hybridized carbons (Fsp3) is 0.667. The molecule has 1 N–H and O–H groups in total. The molecule has 114 valence electrons. The first-order valence-electron chi connectivity index (χ1n) is 8.28. The van der Waals surface area contributed by atoms with E-state index >= 15 is 0 Å². The van der Waals surface area contributed by atoms with Crippen LogP contribution in [0, 0.1) is 0 Å². The third kappa shape index (κ3) is 7.54. The first-order valence-corrected chi connectivity index (χ1v) is 8.28. The van der Waals surface area contributed by atoms with Crippen molar-refractivity contribution in [3.63, 3.8) is 0 Å². The molecule has 0 atom stereocenters. The zero-order valence-electron chi connectivity index (χ0n) is 13.3. The van der Waals surface area contributed by atoms with Crippen molar-refractivity contribution in [3.8, 4) is 0 Å². The Morgan fingerprint density at radius 3 is 2.55 bits per heavy atom. The third-order valence-electron chi connectivity index (χ3n) is 3.45. The summed E-state index contributed by atoms with van der Waals surface area (Å²) >= 11 is 0. The van der Waals surface area contributed by atoms with Gasteiger partial charge in [0, 0.05) is 25.4 Å². The summed E-state index contributed by atoms with van der Waals surface area (Å²) in [5.41, 5.74) is 2.76. The maximum Gasteiger partial charge on any atom is 0.0482 e. The van der Waals surface area contributed by atoms with Gasteiger partial charge >= 0.3 is 0 Å². The number of aryl methyl sites for hydroxylation is 1. The van der Waals surface area contributed by atoms with Crippen molar-refractivity contribution in [1.82, 2.24) is 0 Å². The summed E-state index contributed by atoms with van der Waals surface area (Å²) in [6.07, 6.45) is 8.66. The highest BCUT2D eigenvalue weighted by Gasteiger charge is 2.01. The van der Waals surface area contributed by atoms with Crippen molar-refractivity contribution in [2.45, 2.75) is 58.8 Å². The molecular weight excluding hydrogens is 246 g/mol. The lowest BCUT2D eigenvalue weighted by Gasteiger charge is -2.12. The van der Waals surface area contributed by atoms with Crippen molar-refractivity contribution < 1.29 is 4.74 Å². The van der Waals surface area contributed by atoms with Crippen LogP contribution in [0.25, 0.3) is 0 Å². The monoisotopic (exact) mass is 277 g/mol. The summed E-state index contributed by atoms with van der Waals surface area (Å²) in [6.45, 7) is 7.15. The Kier molecular flexibility index (Phi) is 10.0. The molecule has 1 rings (SSSR count). The van der Waals surface area contributed by atoms with Gasteiger partial charge in [0.1, 0.15) is 0 Å². The van der Waals surface area contributed by atoms with Crippen LogP contribution in [0.2, 0.25) is 0 Å². The van der Waals surface area contributed by atoms with E-state index in [0.29, 0.717) is 0 Å². The number of nitrogens with one attached hydrogen (secondary N) is 1. The summed E-state index contributed by atoms with van der Waals surface area (Å²) in [6, 6.07) is 8.71. The van der Waals surface area contributed by atoms with Gasteiger partial charge in [-0.1, -0.05) is 51.3 Å². The Hall–Kier alpha value is -1.02. The molecule has 0 fully saturated rings. The topological polar surface area (TPSA) is 21.3 Å². The van der Waals surface area contributed by atoms with E-state index < -0.39 is 0 Å².